The molecule has 14 heavy (non-hydrogen) atoms. The molecule has 1 atom stereocenters. The summed E-state index contributed by atoms with van der Waals surface area (Å²) in [4.78, 5) is 1.35. The molecule has 0 radical (unpaired) electrons. The highest BCUT2D eigenvalue weighted by Gasteiger charge is 2.04. The molecule has 0 amide bonds. The van der Waals surface area contributed by atoms with Crippen molar-refractivity contribution in [3.8, 4) is 0 Å². The van der Waals surface area contributed by atoms with Crippen LogP contribution in [0, 0.1) is 0 Å². The maximum atomic E-state index is 9.60. The first-order valence-corrected chi connectivity index (χ1v) is 5.99. The van der Waals surface area contributed by atoms with Gasteiger partial charge >= 0.3 is 0 Å². The topological polar surface area (TPSA) is 29.5 Å². The van der Waals surface area contributed by atoms with Crippen LogP contribution in [0.4, 0.5) is 0 Å². The Balaban J connectivity index is 2.06. The van der Waals surface area contributed by atoms with Gasteiger partial charge in [0.1, 0.15) is 0 Å². The highest BCUT2D eigenvalue weighted by molar-refractivity contribution is 7.09. The van der Waals surface area contributed by atoms with Crippen LogP contribution in [0.3, 0.4) is 0 Å². The Morgan fingerprint density at radius 1 is 1.50 bits per heavy atom. The van der Waals surface area contributed by atoms with E-state index >= 15 is 0 Å². The molecule has 0 aliphatic rings. The van der Waals surface area contributed by atoms with Crippen molar-refractivity contribution in [1.29, 1.82) is 0 Å². The Bertz CT molecular complexity index is 221. The fraction of sp³-hybridized carbons (Fsp3) is 0.636. The van der Waals surface area contributed by atoms with Gasteiger partial charge in [0.25, 0.3) is 0 Å². The maximum Gasteiger partial charge on any atom is 0.0565 e. The molecule has 0 aromatic carbocycles. The van der Waals surface area contributed by atoms with Gasteiger partial charge in [0.05, 0.1) is 6.10 Å². The second kappa shape index (κ2) is 6.98. The van der Waals surface area contributed by atoms with E-state index in [-0.39, 0.29) is 6.10 Å². The first-order valence-electron chi connectivity index (χ1n) is 5.11. The number of aryl methyl sites for hydroxylation is 1. The minimum absolute atomic E-state index is 0.219. The van der Waals surface area contributed by atoms with Gasteiger partial charge in [-0.2, -0.15) is 0 Å². The third kappa shape index (κ3) is 4.74. The molecule has 0 aliphatic heterocycles. The molecule has 0 spiro atoms. The van der Waals surface area contributed by atoms with Crippen LogP contribution < -0.4 is 0 Å². The van der Waals surface area contributed by atoms with Crippen molar-refractivity contribution in [1.82, 2.24) is 0 Å². The molecular weight excluding hydrogens is 196 g/mol. The summed E-state index contributed by atoms with van der Waals surface area (Å²) in [6, 6.07) is 4.16. The zero-order valence-electron chi connectivity index (χ0n) is 8.61. The van der Waals surface area contributed by atoms with E-state index in [4.69, 9.17) is 4.74 Å². The molecule has 1 N–H and O–H groups in total. The van der Waals surface area contributed by atoms with Gasteiger partial charge in [0.2, 0.25) is 0 Å². The van der Waals surface area contributed by atoms with E-state index in [2.05, 4.69) is 11.4 Å². The molecule has 0 saturated heterocycles. The van der Waals surface area contributed by atoms with E-state index in [9.17, 15) is 5.11 Å². The molecule has 0 fully saturated rings. The van der Waals surface area contributed by atoms with Crippen LogP contribution in [-0.2, 0) is 11.2 Å². The van der Waals surface area contributed by atoms with Crippen molar-refractivity contribution in [2.45, 2.75) is 32.3 Å². The summed E-state index contributed by atoms with van der Waals surface area (Å²) in [6.45, 7) is 3.37. The summed E-state index contributed by atoms with van der Waals surface area (Å²) in [5, 5.41) is 11.7. The first kappa shape index (κ1) is 11.7. The van der Waals surface area contributed by atoms with Crippen LogP contribution >= 0.6 is 11.3 Å². The number of rotatable bonds is 7. The number of aliphatic hydroxyl groups is 1. The lowest BCUT2D eigenvalue weighted by molar-refractivity contribution is 0.0846. The normalized spacial score (nSPS) is 13.0. The second-order valence-corrected chi connectivity index (χ2v) is 4.29. The third-order valence-electron chi connectivity index (χ3n) is 2.10. The molecule has 3 heteroatoms. The summed E-state index contributed by atoms with van der Waals surface area (Å²) >= 11 is 1.75. The minimum Gasteiger partial charge on any atom is -0.393 e. The first-order chi connectivity index (χ1) is 6.83. The van der Waals surface area contributed by atoms with Crippen molar-refractivity contribution in [3.05, 3.63) is 22.4 Å². The van der Waals surface area contributed by atoms with Gasteiger partial charge in [0.15, 0.2) is 0 Å². The van der Waals surface area contributed by atoms with Crippen molar-refractivity contribution < 1.29 is 9.84 Å². The van der Waals surface area contributed by atoms with Crippen molar-refractivity contribution in [2.24, 2.45) is 0 Å². The molecule has 1 aromatic heterocycles. The quantitative estimate of drug-likeness (QED) is 0.707. The van der Waals surface area contributed by atoms with Crippen LogP contribution in [0.15, 0.2) is 17.5 Å². The summed E-state index contributed by atoms with van der Waals surface area (Å²) in [7, 11) is 0. The summed E-state index contributed by atoms with van der Waals surface area (Å²) in [5.74, 6) is 0. The molecule has 2 nitrogen and oxygen atoms in total. The monoisotopic (exact) mass is 214 g/mol. The highest BCUT2D eigenvalue weighted by Crippen LogP contribution is 2.13. The number of ether oxygens (including phenoxy) is 1. The largest absolute Gasteiger partial charge is 0.393 e. The lowest BCUT2D eigenvalue weighted by atomic mass is 10.1. The van der Waals surface area contributed by atoms with Crippen molar-refractivity contribution >= 4 is 11.3 Å². The highest BCUT2D eigenvalue weighted by atomic mass is 32.1. The summed E-state index contributed by atoms with van der Waals surface area (Å²) in [5.41, 5.74) is 0. The van der Waals surface area contributed by atoms with Gasteiger partial charge in [-0.1, -0.05) is 6.07 Å². The second-order valence-electron chi connectivity index (χ2n) is 3.26. The molecule has 1 aromatic rings. The molecule has 0 aliphatic carbocycles. The van der Waals surface area contributed by atoms with Crippen LogP contribution in [-0.4, -0.2) is 24.4 Å². The van der Waals surface area contributed by atoms with Crippen LogP contribution in [0.5, 0.6) is 0 Å². The predicted molar refractivity (Wildman–Crippen MR) is 59.8 cm³/mol. The van der Waals surface area contributed by atoms with Gasteiger partial charge in [-0.05, 0) is 37.6 Å². The number of hydrogen-bond acceptors (Lipinski definition) is 3. The molecule has 0 saturated carbocycles. The van der Waals surface area contributed by atoms with E-state index < -0.39 is 0 Å². The average molecular weight is 214 g/mol. The van der Waals surface area contributed by atoms with Gasteiger partial charge < -0.3 is 9.84 Å². The minimum atomic E-state index is -0.219. The van der Waals surface area contributed by atoms with E-state index in [0.717, 1.165) is 25.9 Å². The van der Waals surface area contributed by atoms with E-state index in [1.807, 2.05) is 13.0 Å². The third-order valence-corrected chi connectivity index (χ3v) is 3.04. The summed E-state index contributed by atoms with van der Waals surface area (Å²) in [6.07, 6.45) is 2.35. The standard InChI is InChI=1S/C11H18O2S/c1-2-13-8-7-10(12)5-6-11-4-3-9-14-11/h3-4,9-10,12H,2,5-8H2,1H3. The van der Waals surface area contributed by atoms with E-state index in [1.165, 1.54) is 4.88 Å². The number of aliphatic hydroxyl groups excluding tert-OH is 1. The average Bonchev–Trinajstić information content (AvgIpc) is 2.68. The van der Waals surface area contributed by atoms with E-state index in [1.54, 1.807) is 11.3 Å². The zero-order valence-corrected chi connectivity index (χ0v) is 9.43. The Labute approximate surface area is 89.5 Å². The van der Waals surface area contributed by atoms with Crippen LogP contribution in [0.2, 0.25) is 0 Å². The Hall–Kier alpha value is -0.380. The SMILES string of the molecule is CCOCCC(O)CCc1cccs1. The van der Waals surface area contributed by atoms with Gasteiger partial charge in [-0.15, -0.1) is 11.3 Å². The molecule has 1 unspecified atom stereocenters. The van der Waals surface area contributed by atoms with Crippen molar-refractivity contribution in [2.75, 3.05) is 13.2 Å². The predicted octanol–water partition coefficient (Wildman–Crippen LogP) is 2.47. The molecule has 80 valence electrons. The van der Waals surface area contributed by atoms with Crippen molar-refractivity contribution in [3.63, 3.8) is 0 Å². The molecule has 1 rings (SSSR count). The fourth-order valence-corrected chi connectivity index (χ4v) is 2.00. The maximum absolute atomic E-state index is 9.60. The molecular formula is C11H18O2S. The van der Waals surface area contributed by atoms with Gasteiger partial charge in [-0.25, -0.2) is 0 Å². The fourth-order valence-electron chi connectivity index (χ4n) is 1.27. The number of hydrogen-bond donors (Lipinski definition) is 1. The Morgan fingerprint density at radius 3 is 3.00 bits per heavy atom. The lowest BCUT2D eigenvalue weighted by Crippen LogP contribution is -2.11. The molecule has 0 bridgehead atoms. The zero-order chi connectivity index (χ0) is 10.2. The van der Waals surface area contributed by atoms with Gasteiger partial charge in [-0.3, -0.25) is 0 Å². The number of thiophene rings is 1. The van der Waals surface area contributed by atoms with Crippen LogP contribution in [0.1, 0.15) is 24.6 Å². The molecule has 1 heterocycles. The Kier molecular flexibility index (Phi) is 5.83. The van der Waals surface area contributed by atoms with E-state index in [0.29, 0.717) is 6.61 Å². The lowest BCUT2D eigenvalue weighted by Gasteiger charge is -2.09. The Morgan fingerprint density at radius 2 is 2.36 bits per heavy atom. The summed E-state index contributed by atoms with van der Waals surface area (Å²) < 4.78 is 5.18. The van der Waals surface area contributed by atoms with Gasteiger partial charge in [0, 0.05) is 18.1 Å². The van der Waals surface area contributed by atoms with Crippen LogP contribution in [0.25, 0.3) is 0 Å². The smallest absolute Gasteiger partial charge is 0.0565 e.